The lowest BCUT2D eigenvalue weighted by atomic mass is 10.3. The van der Waals surface area contributed by atoms with Gasteiger partial charge in [0.1, 0.15) is 17.2 Å². The van der Waals surface area contributed by atoms with Crippen LogP contribution >= 0.6 is 46.4 Å². The normalized spacial score (nSPS) is 11.2. The van der Waals surface area contributed by atoms with Gasteiger partial charge in [-0.1, -0.05) is 46.4 Å². The molecule has 0 aliphatic rings. The molecule has 0 radical (unpaired) electrons. The maximum Gasteiger partial charge on any atom is 0.262 e. The average Bonchev–Trinajstić information content (AvgIpc) is 2.66. The van der Waals surface area contributed by atoms with E-state index < -0.39 is 15.9 Å². The van der Waals surface area contributed by atoms with Crippen LogP contribution in [0.5, 0.6) is 17.2 Å². The molecule has 0 unspecified atom stereocenters. The summed E-state index contributed by atoms with van der Waals surface area (Å²) in [7, 11) is -3.91. The molecule has 0 atom stereocenters. The molecule has 3 aromatic carbocycles. The van der Waals surface area contributed by atoms with E-state index in [1.807, 2.05) is 0 Å². The van der Waals surface area contributed by atoms with Gasteiger partial charge in [0.15, 0.2) is 6.61 Å². The number of ether oxygens (including phenoxy) is 2. The lowest BCUT2D eigenvalue weighted by Crippen LogP contribution is -2.20. The van der Waals surface area contributed by atoms with Gasteiger partial charge in [0.2, 0.25) is 10.0 Å². The van der Waals surface area contributed by atoms with Crippen molar-refractivity contribution >= 4 is 68.0 Å². The van der Waals surface area contributed by atoms with E-state index in [0.717, 1.165) is 6.07 Å². The molecule has 1 amide bonds. The number of anilines is 1. The summed E-state index contributed by atoms with van der Waals surface area (Å²) in [5, 5.41) is 8.68. The summed E-state index contributed by atoms with van der Waals surface area (Å²) in [4.78, 5) is 12.0. The number of amides is 1. The fourth-order valence-electron chi connectivity index (χ4n) is 2.51. The molecule has 0 bridgehead atoms. The third-order valence-electron chi connectivity index (χ3n) is 3.83. The third-order valence-corrected chi connectivity index (χ3v) is 5.71. The summed E-state index contributed by atoms with van der Waals surface area (Å²) in [6.07, 6.45) is 0. The lowest BCUT2D eigenvalue weighted by Gasteiger charge is -2.12. The number of primary sulfonamides is 1. The van der Waals surface area contributed by atoms with Gasteiger partial charge in [0.25, 0.3) is 5.91 Å². The topological polar surface area (TPSA) is 108 Å². The second-order valence-electron chi connectivity index (χ2n) is 6.35. The van der Waals surface area contributed by atoms with E-state index in [9.17, 15) is 13.2 Å². The van der Waals surface area contributed by atoms with Gasteiger partial charge in [-0.3, -0.25) is 4.79 Å². The predicted octanol–water partition coefficient (Wildman–Crippen LogP) is 5.76. The first-order valence-corrected chi connectivity index (χ1v) is 11.7. The highest BCUT2D eigenvalue weighted by Crippen LogP contribution is 2.32. The number of hydrogen-bond acceptors (Lipinski definition) is 5. The number of hydrogen-bond donors (Lipinski definition) is 2. The number of sulfonamides is 1. The zero-order valence-corrected chi connectivity index (χ0v) is 19.8. The van der Waals surface area contributed by atoms with Crippen LogP contribution in [-0.2, 0) is 14.8 Å². The van der Waals surface area contributed by atoms with Crippen molar-refractivity contribution in [3.63, 3.8) is 0 Å². The zero-order valence-electron chi connectivity index (χ0n) is 15.9. The molecule has 0 fully saturated rings. The molecule has 0 aliphatic heterocycles. The van der Waals surface area contributed by atoms with Crippen LogP contribution in [0, 0.1) is 0 Å². The molecule has 3 rings (SSSR count). The van der Waals surface area contributed by atoms with Crippen LogP contribution in [0.3, 0.4) is 0 Å². The number of nitrogens with two attached hydrogens (primary N) is 1. The molecule has 3 N–H and O–H groups in total. The first kappa shape index (κ1) is 24.4. The maximum atomic E-state index is 12.2. The van der Waals surface area contributed by atoms with Crippen molar-refractivity contribution in [3.05, 3.63) is 74.7 Å². The van der Waals surface area contributed by atoms with E-state index in [4.69, 9.17) is 61.0 Å². The minimum atomic E-state index is -3.91. The van der Waals surface area contributed by atoms with Crippen LogP contribution in [-0.4, -0.2) is 20.9 Å². The van der Waals surface area contributed by atoms with E-state index in [1.54, 1.807) is 24.3 Å². The molecule has 3 aromatic rings. The molecule has 0 spiro atoms. The Balaban J connectivity index is 1.66. The van der Waals surface area contributed by atoms with E-state index in [1.165, 1.54) is 24.3 Å². The lowest BCUT2D eigenvalue weighted by molar-refractivity contribution is -0.118. The van der Waals surface area contributed by atoms with Gasteiger partial charge in [-0.15, -0.1) is 0 Å². The van der Waals surface area contributed by atoms with Crippen molar-refractivity contribution in [2.24, 2.45) is 5.14 Å². The van der Waals surface area contributed by atoms with Crippen molar-refractivity contribution < 1.29 is 22.7 Å². The smallest absolute Gasteiger partial charge is 0.262 e. The highest BCUT2D eigenvalue weighted by atomic mass is 35.5. The number of halogens is 4. The SMILES string of the molecule is NS(=O)(=O)c1ccc(NC(=O)COc2cc(Cl)cc(Oc3cc(Cl)cc(Cl)c3)c2)c(Cl)c1. The number of benzene rings is 3. The quantitative estimate of drug-likeness (QED) is 0.400. The molecule has 32 heavy (non-hydrogen) atoms. The molecule has 0 saturated heterocycles. The van der Waals surface area contributed by atoms with E-state index in [0.29, 0.717) is 26.6 Å². The maximum absolute atomic E-state index is 12.2. The predicted molar refractivity (Wildman–Crippen MR) is 125 cm³/mol. The van der Waals surface area contributed by atoms with Gasteiger partial charge in [0.05, 0.1) is 15.6 Å². The standard InChI is InChI=1S/C20H14Cl4N2O5S/c21-11-3-12(22)6-15(5-11)31-16-7-13(23)4-14(8-16)30-10-20(27)26-19-2-1-17(9-18(19)24)32(25,28)29/h1-9H,10H2,(H,26,27)(H2,25,28,29). The minimum Gasteiger partial charge on any atom is -0.484 e. The first-order valence-electron chi connectivity index (χ1n) is 8.69. The van der Waals surface area contributed by atoms with Crippen molar-refractivity contribution in [1.29, 1.82) is 0 Å². The molecule has 0 aromatic heterocycles. The van der Waals surface area contributed by atoms with Gasteiger partial charge in [-0.05, 0) is 48.5 Å². The summed E-state index contributed by atoms with van der Waals surface area (Å²) in [5.74, 6) is 0.463. The van der Waals surface area contributed by atoms with Crippen LogP contribution < -0.4 is 19.9 Å². The first-order chi connectivity index (χ1) is 15.0. The van der Waals surface area contributed by atoms with Crippen LogP contribution in [0.2, 0.25) is 20.1 Å². The summed E-state index contributed by atoms with van der Waals surface area (Å²) >= 11 is 24.0. The van der Waals surface area contributed by atoms with Gasteiger partial charge in [-0.25, -0.2) is 13.6 Å². The molecule has 0 saturated carbocycles. The second kappa shape index (κ2) is 10.2. The third kappa shape index (κ3) is 6.90. The van der Waals surface area contributed by atoms with Gasteiger partial charge in [0, 0.05) is 21.1 Å². The number of carbonyl (C=O) groups excluding carboxylic acids is 1. The van der Waals surface area contributed by atoms with Crippen LogP contribution in [0.1, 0.15) is 0 Å². The van der Waals surface area contributed by atoms with Gasteiger partial charge >= 0.3 is 0 Å². The fourth-order valence-corrected chi connectivity index (χ4v) is 4.07. The number of rotatable bonds is 7. The van der Waals surface area contributed by atoms with Crippen molar-refractivity contribution in [1.82, 2.24) is 0 Å². The van der Waals surface area contributed by atoms with Crippen LogP contribution in [0.15, 0.2) is 59.5 Å². The van der Waals surface area contributed by atoms with Crippen LogP contribution in [0.25, 0.3) is 0 Å². The Morgan fingerprint density at radius 1 is 0.844 bits per heavy atom. The highest BCUT2D eigenvalue weighted by Gasteiger charge is 2.13. The van der Waals surface area contributed by atoms with E-state index in [-0.39, 0.29) is 28.0 Å². The Kier molecular flexibility index (Phi) is 7.76. The Bertz CT molecular complexity index is 1260. The molecule has 12 heteroatoms. The van der Waals surface area contributed by atoms with E-state index in [2.05, 4.69) is 5.32 Å². The molecular weight excluding hydrogens is 522 g/mol. The highest BCUT2D eigenvalue weighted by molar-refractivity contribution is 7.89. The fraction of sp³-hybridized carbons (Fsp3) is 0.0500. The van der Waals surface area contributed by atoms with Crippen molar-refractivity contribution in [2.45, 2.75) is 4.90 Å². The Morgan fingerprint density at radius 2 is 1.41 bits per heavy atom. The molecule has 0 aliphatic carbocycles. The average molecular weight is 536 g/mol. The van der Waals surface area contributed by atoms with Gasteiger partial charge in [-0.2, -0.15) is 0 Å². The molecule has 0 heterocycles. The minimum absolute atomic E-state index is 0.00324. The monoisotopic (exact) mass is 534 g/mol. The Labute approximate surface area is 204 Å². The molecule has 7 nitrogen and oxygen atoms in total. The Morgan fingerprint density at radius 3 is 2.00 bits per heavy atom. The number of carbonyl (C=O) groups is 1. The zero-order chi connectivity index (χ0) is 23.5. The summed E-state index contributed by atoms with van der Waals surface area (Å²) in [6.45, 7) is -0.379. The van der Waals surface area contributed by atoms with Crippen LogP contribution in [0.4, 0.5) is 5.69 Å². The largest absolute Gasteiger partial charge is 0.484 e. The van der Waals surface area contributed by atoms with Crippen molar-refractivity contribution in [2.75, 3.05) is 11.9 Å². The summed E-state index contributed by atoms with van der Waals surface area (Å²) in [5.41, 5.74) is 0.195. The Hall–Kier alpha value is -2.20. The molecular formula is C20H14Cl4N2O5S. The summed E-state index contributed by atoms with van der Waals surface area (Å²) < 4.78 is 33.9. The molecule has 168 valence electrons. The van der Waals surface area contributed by atoms with Gasteiger partial charge < -0.3 is 14.8 Å². The van der Waals surface area contributed by atoms with E-state index >= 15 is 0 Å². The summed E-state index contributed by atoms with van der Waals surface area (Å²) in [6, 6.07) is 13.0. The number of nitrogens with one attached hydrogen (secondary N) is 1. The van der Waals surface area contributed by atoms with Crippen molar-refractivity contribution in [3.8, 4) is 17.2 Å². The second-order valence-corrected chi connectivity index (χ2v) is 9.63.